The molecular formula is C21H20Cl2N2O5S2. The van der Waals surface area contributed by atoms with Crippen molar-refractivity contribution >= 4 is 61.6 Å². The molecule has 2 atom stereocenters. The molecule has 0 bridgehead atoms. The lowest BCUT2D eigenvalue weighted by Crippen LogP contribution is -2.38. The van der Waals surface area contributed by atoms with Crippen molar-refractivity contribution in [3.63, 3.8) is 0 Å². The highest BCUT2D eigenvalue weighted by molar-refractivity contribution is 8.16. The number of hydrogen-bond donors (Lipinski definition) is 0. The topological polar surface area (TPSA) is 85.3 Å². The molecule has 2 aromatic carbocycles. The third-order valence-corrected chi connectivity index (χ3v) is 9.30. The Bertz CT molecular complexity index is 1200. The molecule has 7 nitrogen and oxygen atoms in total. The van der Waals surface area contributed by atoms with Gasteiger partial charge in [0.25, 0.3) is 5.91 Å². The molecule has 4 rings (SSSR count). The second-order valence-electron chi connectivity index (χ2n) is 7.40. The van der Waals surface area contributed by atoms with E-state index in [-0.39, 0.29) is 35.1 Å². The number of amidine groups is 1. The molecule has 2 fully saturated rings. The normalized spacial score (nSPS) is 22.8. The van der Waals surface area contributed by atoms with Gasteiger partial charge in [-0.3, -0.25) is 4.79 Å². The largest absolute Gasteiger partial charge is 0.493 e. The fourth-order valence-electron chi connectivity index (χ4n) is 3.84. The number of benzene rings is 2. The maximum absolute atomic E-state index is 12.8. The summed E-state index contributed by atoms with van der Waals surface area (Å²) in [6, 6.07) is 9.99. The molecule has 2 saturated heterocycles. The number of carbonyl (C=O) groups is 1. The Morgan fingerprint density at radius 3 is 2.62 bits per heavy atom. The van der Waals surface area contributed by atoms with E-state index < -0.39 is 9.84 Å². The molecule has 1 amide bonds. The number of halogens is 2. The van der Waals surface area contributed by atoms with Crippen LogP contribution >= 0.6 is 35.0 Å². The number of amides is 1. The number of ether oxygens (including phenoxy) is 2. The second-order valence-corrected chi connectivity index (χ2v) is 11.5. The standard InChI is InChI=1S/C21H20Cl2N2O5S2/c1-29-16-7-6-12(8-17(16)30-2)9-19(26)24-21-25(14-5-3-4-13(22)20(14)23)15-10-32(27,28)11-18(15)31-21/h3-8,15,18H,9-11H2,1-2H3/t15-,18-/m0/s1. The molecule has 0 aliphatic carbocycles. The molecule has 2 aliphatic rings. The summed E-state index contributed by atoms with van der Waals surface area (Å²) in [7, 11) is -0.122. The summed E-state index contributed by atoms with van der Waals surface area (Å²) < 4.78 is 35.0. The van der Waals surface area contributed by atoms with E-state index in [0.29, 0.717) is 32.4 Å². The first-order chi connectivity index (χ1) is 15.2. The van der Waals surface area contributed by atoms with E-state index in [2.05, 4.69) is 4.99 Å². The molecular weight excluding hydrogens is 495 g/mol. The zero-order valence-corrected chi connectivity index (χ0v) is 20.4. The minimum Gasteiger partial charge on any atom is -0.493 e. The number of fused-ring (bicyclic) bond motifs is 1. The average molecular weight is 515 g/mol. The van der Waals surface area contributed by atoms with Crippen molar-refractivity contribution in [2.75, 3.05) is 30.6 Å². The molecule has 0 saturated carbocycles. The van der Waals surface area contributed by atoms with Gasteiger partial charge in [0.1, 0.15) is 0 Å². The van der Waals surface area contributed by atoms with Gasteiger partial charge in [0.2, 0.25) is 0 Å². The quantitative estimate of drug-likeness (QED) is 0.598. The lowest BCUT2D eigenvalue weighted by Gasteiger charge is -2.25. The van der Waals surface area contributed by atoms with E-state index in [1.54, 1.807) is 48.4 Å². The van der Waals surface area contributed by atoms with Gasteiger partial charge in [-0.15, -0.1) is 0 Å². The van der Waals surface area contributed by atoms with Crippen molar-refractivity contribution in [1.82, 2.24) is 0 Å². The summed E-state index contributed by atoms with van der Waals surface area (Å²) in [6.45, 7) is 0. The predicted molar refractivity (Wildman–Crippen MR) is 128 cm³/mol. The number of anilines is 1. The van der Waals surface area contributed by atoms with Gasteiger partial charge >= 0.3 is 0 Å². The summed E-state index contributed by atoms with van der Waals surface area (Å²) in [5, 5.41) is 0.821. The third-order valence-electron chi connectivity index (χ3n) is 5.28. The molecule has 0 radical (unpaired) electrons. The van der Waals surface area contributed by atoms with Crippen LogP contribution in [0.2, 0.25) is 10.0 Å². The van der Waals surface area contributed by atoms with Crippen LogP contribution in [0, 0.1) is 0 Å². The summed E-state index contributed by atoms with van der Waals surface area (Å²) in [5.74, 6) is 0.715. The highest BCUT2D eigenvalue weighted by atomic mass is 35.5. The van der Waals surface area contributed by atoms with Gasteiger partial charge in [-0.25, -0.2) is 8.42 Å². The molecule has 11 heteroatoms. The van der Waals surface area contributed by atoms with E-state index in [1.807, 2.05) is 0 Å². The first-order valence-corrected chi connectivity index (χ1v) is 13.1. The second kappa shape index (κ2) is 9.13. The van der Waals surface area contributed by atoms with Crippen LogP contribution in [0.15, 0.2) is 41.4 Å². The van der Waals surface area contributed by atoms with Crippen LogP contribution in [0.1, 0.15) is 5.56 Å². The van der Waals surface area contributed by atoms with Crippen molar-refractivity contribution in [2.24, 2.45) is 4.99 Å². The first-order valence-electron chi connectivity index (χ1n) is 9.65. The van der Waals surface area contributed by atoms with Crippen molar-refractivity contribution in [3.05, 3.63) is 52.0 Å². The zero-order chi connectivity index (χ0) is 23.0. The van der Waals surface area contributed by atoms with Crippen LogP contribution in [0.3, 0.4) is 0 Å². The van der Waals surface area contributed by atoms with Gasteiger partial charge in [0.15, 0.2) is 26.5 Å². The van der Waals surface area contributed by atoms with Crippen LogP contribution in [-0.2, 0) is 21.1 Å². The van der Waals surface area contributed by atoms with E-state index in [1.165, 1.54) is 18.9 Å². The smallest absolute Gasteiger partial charge is 0.252 e. The Morgan fingerprint density at radius 2 is 1.91 bits per heavy atom. The third kappa shape index (κ3) is 4.57. The minimum atomic E-state index is -3.19. The first kappa shape index (κ1) is 23.2. The number of nitrogens with zero attached hydrogens (tertiary/aromatic N) is 2. The summed E-state index contributed by atoms with van der Waals surface area (Å²) in [6.07, 6.45) is 0.0508. The molecule has 2 heterocycles. The van der Waals surface area contributed by atoms with Gasteiger partial charge in [0, 0.05) is 5.25 Å². The Balaban J connectivity index is 1.65. The highest BCUT2D eigenvalue weighted by Crippen LogP contribution is 2.44. The summed E-state index contributed by atoms with van der Waals surface area (Å²) in [4.78, 5) is 18.9. The van der Waals surface area contributed by atoms with Crippen molar-refractivity contribution < 1.29 is 22.7 Å². The summed E-state index contributed by atoms with van der Waals surface area (Å²) >= 11 is 13.9. The van der Waals surface area contributed by atoms with E-state index in [9.17, 15) is 13.2 Å². The van der Waals surface area contributed by atoms with Crippen LogP contribution in [-0.4, -0.2) is 56.5 Å². The van der Waals surface area contributed by atoms with Gasteiger partial charge in [-0.05, 0) is 29.8 Å². The molecule has 2 aliphatic heterocycles. The number of sulfone groups is 1. The number of carbonyl (C=O) groups excluding carboxylic acids is 1. The minimum absolute atomic E-state index is 0.0277. The number of thioether (sulfide) groups is 1. The van der Waals surface area contributed by atoms with Crippen molar-refractivity contribution in [1.29, 1.82) is 0 Å². The Morgan fingerprint density at radius 1 is 1.16 bits per heavy atom. The monoisotopic (exact) mass is 514 g/mol. The molecule has 0 N–H and O–H groups in total. The lowest BCUT2D eigenvalue weighted by molar-refractivity contribution is -0.117. The lowest BCUT2D eigenvalue weighted by atomic mass is 10.1. The SMILES string of the molecule is COc1ccc(CC(=O)N=C2S[C@H]3CS(=O)(=O)C[C@@H]3N2c2cccc(Cl)c2Cl)cc1OC. The van der Waals surface area contributed by atoms with Crippen molar-refractivity contribution in [3.8, 4) is 11.5 Å². The van der Waals surface area contributed by atoms with Crippen molar-refractivity contribution in [2.45, 2.75) is 17.7 Å². The number of rotatable bonds is 5. The van der Waals surface area contributed by atoms with Crippen LogP contribution in [0.4, 0.5) is 5.69 Å². The predicted octanol–water partition coefficient (Wildman–Crippen LogP) is 3.85. The number of methoxy groups -OCH3 is 2. The van der Waals surface area contributed by atoms with E-state index >= 15 is 0 Å². The molecule has 0 unspecified atom stereocenters. The zero-order valence-electron chi connectivity index (χ0n) is 17.2. The maximum atomic E-state index is 12.8. The number of hydrogen-bond acceptors (Lipinski definition) is 6. The molecule has 0 aromatic heterocycles. The fourth-order valence-corrected chi connectivity index (χ4v) is 8.15. The average Bonchev–Trinajstić information content (AvgIpc) is 3.20. The van der Waals surface area contributed by atoms with Crippen LogP contribution in [0.25, 0.3) is 0 Å². The molecule has 2 aromatic rings. The molecule has 0 spiro atoms. The summed E-state index contributed by atoms with van der Waals surface area (Å²) in [5.41, 5.74) is 1.25. The van der Waals surface area contributed by atoms with E-state index in [0.717, 1.165) is 5.56 Å². The highest BCUT2D eigenvalue weighted by Gasteiger charge is 2.49. The Kier molecular flexibility index (Phi) is 6.63. The van der Waals surface area contributed by atoms with E-state index in [4.69, 9.17) is 32.7 Å². The Hall–Kier alpha value is -1.94. The van der Waals surface area contributed by atoms with Gasteiger partial charge < -0.3 is 14.4 Å². The van der Waals surface area contributed by atoms with Gasteiger partial charge in [0.05, 0.1) is 53.9 Å². The van der Waals surface area contributed by atoms with Gasteiger partial charge in [-0.2, -0.15) is 4.99 Å². The van der Waals surface area contributed by atoms with Crippen LogP contribution < -0.4 is 14.4 Å². The molecule has 32 heavy (non-hydrogen) atoms. The number of aliphatic imine (C=N–C) groups is 1. The molecule has 170 valence electrons. The van der Waals surface area contributed by atoms with Gasteiger partial charge in [-0.1, -0.05) is 47.1 Å². The maximum Gasteiger partial charge on any atom is 0.252 e. The van der Waals surface area contributed by atoms with Crippen LogP contribution in [0.5, 0.6) is 11.5 Å². The Labute approximate surface area is 200 Å². The fraction of sp³-hybridized carbons (Fsp3) is 0.333.